The lowest BCUT2D eigenvalue weighted by molar-refractivity contribution is -0.132. The van der Waals surface area contributed by atoms with Gasteiger partial charge in [0.2, 0.25) is 0 Å². The minimum Gasteiger partial charge on any atom is -0.478 e. The van der Waals surface area contributed by atoms with Crippen LogP contribution in [-0.2, 0) is 4.79 Å². The highest BCUT2D eigenvalue weighted by Crippen LogP contribution is 2.17. The van der Waals surface area contributed by atoms with Crippen molar-refractivity contribution in [1.29, 1.82) is 0 Å². The molecule has 0 fully saturated rings. The van der Waals surface area contributed by atoms with E-state index < -0.39 is 5.97 Å². The molecule has 0 aliphatic heterocycles. The standard InChI is InChI=1S/C14H27NO2/c1-5-6-7-8-9-10-11-13(15(3)4)12(2)14(16)17/h5-11H2,1-4H3,(H,16,17)/b13-12+. The first-order chi connectivity index (χ1) is 8.00. The number of carboxylic acid groups (broad SMARTS) is 1. The van der Waals surface area contributed by atoms with Gasteiger partial charge in [0, 0.05) is 19.8 Å². The zero-order valence-corrected chi connectivity index (χ0v) is 11.8. The summed E-state index contributed by atoms with van der Waals surface area (Å²) >= 11 is 0. The number of allylic oxidation sites excluding steroid dienone is 1. The molecule has 0 aromatic heterocycles. The molecule has 0 amide bonds. The molecule has 0 aromatic rings. The van der Waals surface area contributed by atoms with Crippen molar-refractivity contribution >= 4 is 5.97 Å². The largest absolute Gasteiger partial charge is 0.478 e. The third kappa shape index (κ3) is 7.03. The van der Waals surface area contributed by atoms with Crippen LogP contribution in [0.4, 0.5) is 0 Å². The number of rotatable bonds is 9. The first kappa shape index (κ1) is 16.0. The van der Waals surface area contributed by atoms with Crippen LogP contribution >= 0.6 is 0 Å². The van der Waals surface area contributed by atoms with Gasteiger partial charge in [-0.05, 0) is 19.8 Å². The predicted molar refractivity (Wildman–Crippen MR) is 72.0 cm³/mol. The molecule has 17 heavy (non-hydrogen) atoms. The van der Waals surface area contributed by atoms with Crippen LogP contribution in [0.25, 0.3) is 0 Å². The Morgan fingerprint density at radius 3 is 2.06 bits per heavy atom. The average molecular weight is 241 g/mol. The second-order valence-electron chi connectivity index (χ2n) is 4.79. The third-order valence-corrected chi connectivity index (χ3v) is 3.06. The maximum absolute atomic E-state index is 10.9. The Balaban J connectivity index is 4.04. The van der Waals surface area contributed by atoms with E-state index in [1.807, 2.05) is 19.0 Å². The number of unbranched alkanes of at least 4 members (excludes halogenated alkanes) is 5. The maximum atomic E-state index is 10.9. The highest BCUT2D eigenvalue weighted by molar-refractivity contribution is 5.86. The molecule has 0 heterocycles. The molecule has 0 rings (SSSR count). The monoisotopic (exact) mass is 241 g/mol. The van der Waals surface area contributed by atoms with Crippen molar-refractivity contribution in [3.8, 4) is 0 Å². The van der Waals surface area contributed by atoms with Crippen LogP contribution in [0, 0.1) is 0 Å². The molecule has 1 N–H and O–H groups in total. The number of nitrogens with zero attached hydrogens (tertiary/aromatic N) is 1. The lowest BCUT2D eigenvalue weighted by Gasteiger charge is -2.19. The number of carboxylic acids is 1. The fraction of sp³-hybridized carbons (Fsp3) is 0.786. The second-order valence-corrected chi connectivity index (χ2v) is 4.79. The summed E-state index contributed by atoms with van der Waals surface area (Å²) in [4.78, 5) is 12.9. The zero-order valence-electron chi connectivity index (χ0n) is 11.8. The van der Waals surface area contributed by atoms with Gasteiger partial charge in [0.25, 0.3) is 0 Å². The van der Waals surface area contributed by atoms with E-state index in [1.54, 1.807) is 6.92 Å². The Labute approximate surface area is 106 Å². The van der Waals surface area contributed by atoms with Gasteiger partial charge in [-0.25, -0.2) is 4.79 Å². The maximum Gasteiger partial charge on any atom is 0.333 e. The van der Waals surface area contributed by atoms with Crippen LogP contribution in [0.2, 0.25) is 0 Å². The first-order valence-corrected chi connectivity index (χ1v) is 6.61. The molecule has 0 bridgehead atoms. The average Bonchev–Trinajstić information content (AvgIpc) is 2.26. The molecule has 0 atom stereocenters. The van der Waals surface area contributed by atoms with Gasteiger partial charge in [0.15, 0.2) is 0 Å². The van der Waals surface area contributed by atoms with E-state index in [2.05, 4.69) is 6.92 Å². The number of hydrogen-bond donors (Lipinski definition) is 1. The summed E-state index contributed by atoms with van der Waals surface area (Å²) in [6.07, 6.45) is 8.30. The number of carbonyl (C=O) groups is 1. The molecule has 0 aromatic carbocycles. The van der Waals surface area contributed by atoms with E-state index in [-0.39, 0.29) is 0 Å². The Hall–Kier alpha value is -0.990. The van der Waals surface area contributed by atoms with Crippen LogP contribution < -0.4 is 0 Å². The van der Waals surface area contributed by atoms with E-state index in [0.717, 1.165) is 18.5 Å². The smallest absolute Gasteiger partial charge is 0.333 e. The topological polar surface area (TPSA) is 40.5 Å². The molecule has 3 heteroatoms. The van der Waals surface area contributed by atoms with E-state index >= 15 is 0 Å². The quantitative estimate of drug-likeness (QED) is 0.495. The van der Waals surface area contributed by atoms with Gasteiger partial charge in [-0.2, -0.15) is 0 Å². The molecular formula is C14H27NO2. The van der Waals surface area contributed by atoms with Crippen molar-refractivity contribution in [2.45, 2.75) is 58.8 Å². The Morgan fingerprint density at radius 1 is 1.06 bits per heavy atom. The van der Waals surface area contributed by atoms with Gasteiger partial charge in [0.05, 0.1) is 5.57 Å². The minimum absolute atomic E-state index is 0.476. The third-order valence-electron chi connectivity index (χ3n) is 3.06. The van der Waals surface area contributed by atoms with E-state index in [0.29, 0.717) is 5.57 Å². The molecular weight excluding hydrogens is 214 g/mol. The molecule has 100 valence electrons. The summed E-state index contributed by atoms with van der Waals surface area (Å²) in [5.41, 5.74) is 1.43. The van der Waals surface area contributed by atoms with Crippen LogP contribution in [0.3, 0.4) is 0 Å². The molecule has 0 saturated heterocycles. The van der Waals surface area contributed by atoms with Crippen LogP contribution in [-0.4, -0.2) is 30.1 Å². The highest BCUT2D eigenvalue weighted by atomic mass is 16.4. The fourth-order valence-electron chi connectivity index (χ4n) is 1.94. The molecule has 3 nitrogen and oxygen atoms in total. The van der Waals surface area contributed by atoms with Crippen LogP contribution in [0.15, 0.2) is 11.3 Å². The normalized spacial score (nSPS) is 12.2. The summed E-state index contributed by atoms with van der Waals surface area (Å²) in [6, 6.07) is 0. The molecule has 0 aliphatic rings. The van der Waals surface area contributed by atoms with Gasteiger partial charge in [0.1, 0.15) is 0 Å². The summed E-state index contributed by atoms with van der Waals surface area (Å²) < 4.78 is 0. The summed E-state index contributed by atoms with van der Waals surface area (Å²) in [7, 11) is 3.83. The molecule has 0 unspecified atom stereocenters. The summed E-state index contributed by atoms with van der Waals surface area (Å²) in [5, 5.41) is 8.99. The van der Waals surface area contributed by atoms with Crippen molar-refractivity contribution in [2.24, 2.45) is 0 Å². The number of aliphatic carboxylic acids is 1. The molecule has 0 spiro atoms. The van der Waals surface area contributed by atoms with Gasteiger partial charge in [-0.1, -0.05) is 39.0 Å². The molecule has 0 radical (unpaired) electrons. The molecule has 0 saturated carbocycles. The Morgan fingerprint density at radius 2 is 1.59 bits per heavy atom. The summed E-state index contributed by atoms with van der Waals surface area (Å²) in [6.45, 7) is 3.90. The lowest BCUT2D eigenvalue weighted by Crippen LogP contribution is -2.16. The summed E-state index contributed by atoms with van der Waals surface area (Å²) in [5.74, 6) is -0.806. The van der Waals surface area contributed by atoms with Crippen LogP contribution in [0.5, 0.6) is 0 Å². The lowest BCUT2D eigenvalue weighted by atomic mass is 10.1. The van der Waals surface area contributed by atoms with Gasteiger partial charge < -0.3 is 10.0 Å². The zero-order chi connectivity index (χ0) is 13.3. The predicted octanol–water partition coefficient (Wildman–Crippen LogP) is 3.66. The van der Waals surface area contributed by atoms with Gasteiger partial charge in [-0.3, -0.25) is 0 Å². The van der Waals surface area contributed by atoms with Crippen molar-refractivity contribution < 1.29 is 9.90 Å². The van der Waals surface area contributed by atoms with Gasteiger partial charge >= 0.3 is 5.97 Å². The van der Waals surface area contributed by atoms with Gasteiger partial charge in [-0.15, -0.1) is 0 Å². The van der Waals surface area contributed by atoms with Crippen molar-refractivity contribution in [1.82, 2.24) is 4.90 Å². The Kier molecular flexibility index (Phi) is 8.55. The van der Waals surface area contributed by atoms with E-state index in [9.17, 15) is 4.79 Å². The second kappa shape index (κ2) is 9.08. The van der Waals surface area contributed by atoms with Crippen molar-refractivity contribution in [2.75, 3.05) is 14.1 Å². The minimum atomic E-state index is -0.806. The number of hydrogen-bond acceptors (Lipinski definition) is 2. The van der Waals surface area contributed by atoms with E-state index in [4.69, 9.17) is 5.11 Å². The highest BCUT2D eigenvalue weighted by Gasteiger charge is 2.10. The first-order valence-electron chi connectivity index (χ1n) is 6.61. The Bertz CT molecular complexity index is 257. The van der Waals surface area contributed by atoms with Crippen LogP contribution in [0.1, 0.15) is 58.8 Å². The fourth-order valence-corrected chi connectivity index (χ4v) is 1.94. The van der Waals surface area contributed by atoms with Crippen molar-refractivity contribution in [3.05, 3.63) is 11.3 Å². The SMILES string of the molecule is CCCCCCCC/C(=C(/C)C(=O)O)N(C)C. The van der Waals surface area contributed by atoms with E-state index in [1.165, 1.54) is 32.1 Å². The van der Waals surface area contributed by atoms with Crippen molar-refractivity contribution in [3.63, 3.8) is 0 Å². The molecule has 0 aliphatic carbocycles.